The molecule has 1 atom stereocenters. The van der Waals surface area contributed by atoms with Crippen LogP contribution < -0.4 is 4.90 Å². The summed E-state index contributed by atoms with van der Waals surface area (Å²) in [7, 11) is 2.75. The Hall–Kier alpha value is -2.64. The number of benzene rings is 1. The lowest BCUT2D eigenvalue weighted by Crippen LogP contribution is -2.40. The molecule has 2 aromatic heterocycles. The van der Waals surface area contributed by atoms with Crippen molar-refractivity contribution in [3.05, 3.63) is 46.1 Å². The molecule has 7 nitrogen and oxygen atoms in total. The topological polar surface area (TPSA) is 76.2 Å². The van der Waals surface area contributed by atoms with E-state index < -0.39 is 42.3 Å². The average molecular weight is 510 g/mol. The van der Waals surface area contributed by atoms with Gasteiger partial charge in [0.15, 0.2) is 6.29 Å². The van der Waals surface area contributed by atoms with Gasteiger partial charge in [-0.1, -0.05) is 11.6 Å². The molecule has 0 bridgehead atoms. The Morgan fingerprint density at radius 2 is 1.68 bits per heavy atom. The summed E-state index contributed by atoms with van der Waals surface area (Å²) < 4.78 is 90.5. The summed E-state index contributed by atoms with van der Waals surface area (Å²) in [5, 5.41) is 1.29. The smallest absolute Gasteiger partial charge is 0.356 e. The minimum atomic E-state index is -5.20. The van der Waals surface area contributed by atoms with Gasteiger partial charge in [0.05, 0.1) is 6.04 Å². The van der Waals surface area contributed by atoms with Gasteiger partial charge in [0, 0.05) is 48.8 Å². The van der Waals surface area contributed by atoms with Crippen LogP contribution in [0, 0.1) is 0 Å². The molecule has 0 aliphatic carbocycles. The van der Waals surface area contributed by atoms with Crippen molar-refractivity contribution in [1.29, 1.82) is 0 Å². The predicted molar refractivity (Wildman–Crippen MR) is 109 cm³/mol. The summed E-state index contributed by atoms with van der Waals surface area (Å²) in [6, 6.07) is 4.37. The summed E-state index contributed by atoms with van der Waals surface area (Å²) >= 11 is 6.12. The van der Waals surface area contributed by atoms with Crippen LogP contribution in [0.4, 0.5) is 32.3 Å². The minimum absolute atomic E-state index is 0.0376. The van der Waals surface area contributed by atoms with Crippen LogP contribution in [0.15, 0.2) is 18.2 Å². The Balaban J connectivity index is 1.88. The number of hydrogen-bond donors (Lipinski definition) is 1. The van der Waals surface area contributed by atoms with Gasteiger partial charge in [-0.3, -0.25) is 0 Å². The average Bonchev–Trinajstić information content (AvgIpc) is 3.14. The lowest BCUT2D eigenvalue weighted by atomic mass is 9.95. The molecule has 3 aromatic rings. The number of nitrogens with one attached hydrogen (secondary N) is 1. The number of ether oxygens (including phenoxy) is 2. The first kappa shape index (κ1) is 24.5. The Labute approximate surface area is 194 Å². The number of aromatic nitrogens is 4. The lowest BCUT2D eigenvalue weighted by molar-refractivity contribution is -0.155. The fourth-order valence-electron chi connectivity index (χ4n) is 4.04. The van der Waals surface area contributed by atoms with Gasteiger partial charge in [-0.05, 0) is 30.2 Å². The molecule has 1 aromatic carbocycles. The molecule has 14 heteroatoms. The zero-order valence-electron chi connectivity index (χ0n) is 17.8. The maximum Gasteiger partial charge on any atom is 0.451 e. The molecule has 184 valence electrons. The Bertz CT molecular complexity index is 1160. The Morgan fingerprint density at radius 1 is 1.06 bits per heavy atom. The minimum Gasteiger partial charge on any atom is -0.356 e. The molecule has 1 N–H and O–H groups in total. The van der Waals surface area contributed by atoms with Gasteiger partial charge >= 0.3 is 12.4 Å². The molecule has 4 rings (SSSR count). The van der Waals surface area contributed by atoms with E-state index in [0.29, 0.717) is 17.1 Å². The zero-order chi connectivity index (χ0) is 24.8. The van der Waals surface area contributed by atoms with Crippen LogP contribution in [0.2, 0.25) is 5.02 Å². The highest BCUT2D eigenvalue weighted by atomic mass is 35.5. The van der Waals surface area contributed by atoms with Crippen LogP contribution in [0.3, 0.4) is 0 Å². The lowest BCUT2D eigenvalue weighted by Gasteiger charge is -2.37. The van der Waals surface area contributed by atoms with Crippen molar-refractivity contribution in [1.82, 2.24) is 19.9 Å². The number of anilines is 1. The summed E-state index contributed by atoms with van der Waals surface area (Å²) in [6.45, 7) is 0.0376. The first-order valence-electron chi connectivity index (χ1n) is 9.95. The second-order valence-corrected chi connectivity index (χ2v) is 8.02. The van der Waals surface area contributed by atoms with E-state index in [4.69, 9.17) is 21.1 Å². The SMILES string of the molecule is COC(CC1c2[nH]c3ccc(Cl)cc3c2CCN1c1nc(C(F)(F)F)nc(C(F)(F)F)n1)OC. The van der Waals surface area contributed by atoms with E-state index in [0.717, 1.165) is 16.5 Å². The number of methoxy groups -OCH3 is 2. The van der Waals surface area contributed by atoms with Crippen molar-refractivity contribution in [3.63, 3.8) is 0 Å². The predicted octanol–water partition coefficient (Wildman–Crippen LogP) is 5.16. The van der Waals surface area contributed by atoms with Gasteiger partial charge in [-0.2, -0.15) is 36.3 Å². The van der Waals surface area contributed by atoms with Gasteiger partial charge in [-0.15, -0.1) is 0 Å². The van der Waals surface area contributed by atoms with Crippen LogP contribution in [-0.2, 0) is 28.2 Å². The van der Waals surface area contributed by atoms with Crippen LogP contribution in [0.1, 0.15) is 35.4 Å². The second-order valence-electron chi connectivity index (χ2n) is 7.58. The van der Waals surface area contributed by atoms with Crippen LogP contribution in [0.25, 0.3) is 10.9 Å². The second kappa shape index (κ2) is 8.86. The highest BCUT2D eigenvalue weighted by Crippen LogP contribution is 2.41. The number of alkyl halides is 6. The quantitative estimate of drug-likeness (QED) is 0.378. The number of fused-ring (bicyclic) bond motifs is 3. The number of halogens is 7. The number of H-pyrrole nitrogens is 1. The van der Waals surface area contributed by atoms with Crippen LogP contribution in [0.5, 0.6) is 0 Å². The van der Waals surface area contributed by atoms with Gasteiger partial charge in [0.2, 0.25) is 17.6 Å². The van der Waals surface area contributed by atoms with E-state index in [-0.39, 0.29) is 13.0 Å². The van der Waals surface area contributed by atoms with Gasteiger partial charge in [0.1, 0.15) is 0 Å². The molecule has 34 heavy (non-hydrogen) atoms. The third-order valence-electron chi connectivity index (χ3n) is 5.54. The molecule has 0 amide bonds. The highest BCUT2D eigenvalue weighted by Gasteiger charge is 2.43. The van der Waals surface area contributed by atoms with E-state index >= 15 is 0 Å². The molecular weight excluding hydrogens is 492 g/mol. The number of aromatic amines is 1. The normalized spacial score (nSPS) is 17.0. The first-order chi connectivity index (χ1) is 15.9. The van der Waals surface area contributed by atoms with E-state index in [1.807, 2.05) is 0 Å². The fourth-order valence-corrected chi connectivity index (χ4v) is 4.21. The van der Waals surface area contributed by atoms with Crippen molar-refractivity contribution >= 4 is 28.5 Å². The first-order valence-corrected chi connectivity index (χ1v) is 10.3. The monoisotopic (exact) mass is 509 g/mol. The molecule has 0 radical (unpaired) electrons. The van der Waals surface area contributed by atoms with Gasteiger partial charge in [-0.25, -0.2) is 4.98 Å². The van der Waals surface area contributed by atoms with Crippen molar-refractivity contribution in [2.45, 2.75) is 37.5 Å². The van der Waals surface area contributed by atoms with Crippen LogP contribution >= 0.6 is 11.6 Å². The number of nitrogens with zero attached hydrogens (tertiary/aromatic N) is 4. The van der Waals surface area contributed by atoms with Crippen molar-refractivity contribution in [2.24, 2.45) is 0 Å². The van der Waals surface area contributed by atoms with E-state index in [2.05, 4.69) is 19.9 Å². The molecule has 0 fully saturated rings. The molecule has 0 spiro atoms. The third-order valence-corrected chi connectivity index (χ3v) is 5.78. The van der Waals surface area contributed by atoms with E-state index in [1.54, 1.807) is 18.2 Å². The molecular formula is C20H18ClF6N5O2. The number of hydrogen-bond acceptors (Lipinski definition) is 6. The van der Waals surface area contributed by atoms with Crippen molar-refractivity contribution in [3.8, 4) is 0 Å². The summed E-state index contributed by atoms with van der Waals surface area (Å²) in [6.07, 6.45) is -10.8. The highest BCUT2D eigenvalue weighted by molar-refractivity contribution is 6.31. The molecule has 0 saturated carbocycles. The molecule has 1 aliphatic heterocycles. The Morgan fingerprint density at radius 3 is 2.24 bits per heavy atom. The van der Waals surface area contributed by atoms with Crippen LogP contribution in [-0.4, -0.2) is 47.0 Å². The van der Waals surface area contributed by atoms with Gasteiger partial charge in [0.25, 0.3) is 0 Å². The maximum atomic E-state index is 13.3. The number of rotatable bonds is 5. The zero-order valence-corrected chi connectivity index (χ0v) is 18.5. The van der Waals surface area contributed by atoms with E-state index in [9.17, 15) is 26.3 Å². The standard InChI is InChI=1S/C20H18ClF6N5O2/c1-33-14(34-2)8-13-15-10(11-7-9(21)3-4-12(11)28-15)5-6-32(13)18-30-16(19(22,23)24)29-17(31-18)20(25,26)27/h3-4,7,13-14,28H,5-6,8H2,1-2H3. The summed E-state index contributed by atoms with van der Waals surface area (Å²) in [5.74, 6) is -4.59. The summed E-state index contributed by atoms with van der Waals surface area (Å²) in [5.41, 5.74) is 2.13. The Kier molecular flexibility index (Phi) is 6.38. The fraction of sp³-hybridized carbons (Fsp3) is 0.450. The summed E-state index contributed by atoms with van der Waals surface area (Å²) in [4.78, 5) is 13.8. The molecule has 1 unspecified atom stereocenters. The molecule has 0 saturated heterocycles. The third kappa shape index (κ3) is 4.64. The molecule has 1 aliphatic rings. The van der Waals surface area contributed by atoms with Crippen molar-refractivity contribution in [2.75, 3.05) is 25.7 Å². The van der Waals surface area contributed by atoms with Crippen molar-refractivity contribution < 1.29 is 35.8 Å². The van der Waals surface area contributed by atoms with Gasteiger partial charge < -0.3 is 19.4 Å². The molecule has 3 heterocycles. The largest absolute Gasteiger partial charge is 0.451 e. The maximum absolute atomic E-state index is 13.3. The van der Waals surface area contributed by atoms with E-state index in [1.165, 1.54) is 19.1 Å².